The number of anilines is 1. The van der Waals surface area contributed by atoms with Crippen LogP contribution in [0.3, 0.4) is 0 Å². The molecule has 0 bridgehead atoms. The van der Waals surface area contributed by atoms with Crippen molar-refractivity contribution in [2.24, 2.45) is 0 Å². The molecule has 0 saturated heterocycles. The molecule has 3 rings (SSSR count). The smallest absolute Gasteiger partial charge is 0.181 e. The number of hydrogen-bond donors (Lipinski definition) is 1. The lowest BCUT2D eigenvalue weighted by molar-refractivity contribution is 0.111. The summed E-state index contributed by atoms with van der Waals surface area (Å²) in [5.74, 6) is 0.603. The fourth-order valence-corrected chi connectivity index (χ4v) is 1.91. The highest BCUT2D eigenvalue weighted by Gasteiger charge is 2.10. The molecule has 0 aliphatic carbocycles. The quantitative estimate of drug-likeness (QED) is 0.676. The summed E-state index contributed by atoms with van der Waals surface area (Å²) in [5.41, 5.74) is 2.95. The maximum atomic E-state index is 10.9. The van der Waals surface area contributed by atoms with E-state index in [2.05, 4.69) is 15.3 Å². The average molecular weight is 226 g/mol. The Bertz CT molecular complexity index is 717. The van der Waals surface area contributed by atoms with E-state index >= 15 is 0 Å². The molecule has 2 heterocycles. The van der Waals surface area contributed by atoms with Crippen LogP contribution in [0.4, 0.5) is 5.82 Å². The van der Waals surface area contributed by atoms with E-state index in [-0.39, 0.29) is 0 Å². The summed E-state index contributed by atoms with van der Waals surface area (Å²) in [5, 5.41) is 2.95. The number of rotatable bonds is 2. The number of imidazole rings is 1. The van der Waals surface area contributed by atoms with Crippen molar-refractivity contribution >= 4 is 28.8 Å². The van der Waals surface area contributed by atoms with Crippen molar-refractivity contribution < 1.29 is 4.79 Å². The Morgan fingerprint density at radius 1 is 1.29 bits per heavy atom. The van der Waals surface area contributed by atoms with Crippen LogP contribution in [0.2, 0.25) is 0 Å². The van der Waals surface area contributed by atoms with Crippen molar-refractivity contribution in [2.75, 3.05) is 12.4 Å². The predicted molar refractivity (Wildman–Crippen MR) is 65.4 cm³/mol. The fraction of sp³-hybridized carbons (Fsp3) is 0.0833. The van der Waals surface area contributed by atoms with E-state index < -0.39 is 0 Å². The topological polar surface area (TPSA) is 59.3 Å². The van der Waals surface area contributed by atoms with Crippen LogP contribution < -0.4 is 5.32 Å². The molecule has 3 aromatic rings. The normalized spacial score (nSPS) is 10.9. The number of para-hydroxylation sites is 2. The lowest BCUT2D eigenvalue weighted by Crippen LogP contribution is -2.01. The number of nitrogens with one attached hydrogen (secondary N) is 1. The summed E-state index contributed by atoms with van der Waals surface area (Å²) in [6.07, 6.45) is 2.42. The SMILES string of the molecule is CNc1nc(C=O)cn2c1nc1ccccc12. The largest absolute Gasteiger partial charge is 0.370 e. The molecule has 0 unspecified atom stereocenters. The second-order valence-electron chi connectivity index (χ2n) is 3.68. The second kappa shape index (κ2) is 3.55. The molecule has 0 fully saturated rings. The Labute approximate surface area is 97.1 Å². The maximum absolute atomic E-state index is 10.9. The molecule has 0 aliphatic heterocycles. The molecule has 17 heavy (non-hydrogen) atoms. The first kappa shape index (κ1) is 9.77. The molecule has 0 atom stereocenters. The average Bonchev–Trinajstić information content (AvgIpc) is 2.76. The van der Waals surface area contributed by atoms with Crippen LogP contribution in [0.5, 0.6) is 0 Å². The number of benzene rings is 1. The number of hydrogen-bond acceptors (Lipinski definition) is 4. The lowest BCUT2D eigenvalue weighted by atomic mass is 10.3. The van der Waals surface area contributed by atoms with E-state index in [1.807, 2.05) is 28.7 Å². The molecular formula is C12H10N4O. The van der Waals surface area contributed by atoms with E-state index in [1.165, 1.54) is 0 Å². The number of aldehydes is 1. The molecule has 5 nitrogen and oxygen atoms in total. The van der Waals surface area contributed by atoms with Gasteiger partial charge in [-0.2, -0.15) is 0 Å². The van der Waals surface area contributed by atoms with Crippen LogP contribution in [0.1, 0.15) is 10.5 Å². The van der Waals surface area contributed by atoms with Crippen molar-refractivity contribution in [1.29, 1.82) is 0 Å². The summed E-state index contributed by atoms with van der Waals surface area (Å²) in [6, 6.07) is 7.77. The summed E-state index contributed by atoms with van der Waals surface area (Å²) in [6.45, 7) is 0. The van der Waals surface area contributed by atoms with Gasteiger partial charge >= 0.3 is 0 Å². The first-order valence-electron chi connectivity index (χ1n) is 5.24. The Balaban J connectivity index is 2.51. The first-order chi connectivity index (χ1) is 8.33. The van der Waals surface area contributed by atoms with Gasteiger partial charge in [0.15, 0.2) is 17.8 Å². The van der Waals surface area contributed by atoms with Crippen molar-refractivity contribution in [3.05, 3.63) is 36.2 Å². The lowest BCUT2D eigenvalue weighted by Gasteiger charge is -2.02. The monoisotopic (exact) mass is 226 g/mol. The fourth-order valence-electron chi connectivity index (χ4n) is 1.91. The minimum absolute atomic E-state index is 0.380. The van der Waals surface area contributed by atoms with Gasteiger partial charge in [-0.05, 0) is 12.1 Å². The van der Waals surface area contributed by atoms with Gasteiger partial charge < -0.3 is 5.32 Å². The molecule has 0 spiro atoms. The minimum atomic E-state index is 0.380. The Hall–Kier alpha value is -2.43. The van der Waals surface area contributed by atoms with E-state index in [9.17, 15) is 4.79 Å². The van der Waals surface area contributed by atoms with E-state index in [4.69, 9.17) is 0 Å². The van der Waals surface area contributed by atoms with E-state index in [0.717, 1.165) is 23.0 Å². The third-order valence-electron chi connectivity index (χ3n) is 2.67. The highest BCUT2D eigenvalue weighted by Crippen LogP contribution is 2.20. The minimum Gasteiger partial charge on any atom is -0.370 e. The molecule has 2 aromatic heterocycles. The number of nitrogens with zero attached hydrogens (tertiary/aromatic N) is 3. The molecule has 5 heteroatoms. The predicted octanol–water partition coefficient (Wildman–Crippen LogP) is 1.74. The standard InChI is InChI=1S/C12H10N4O/c1-13-11-12-15-9-4-2-3-5-10(9)16(12)6-8(7-17)14-11/h2-7H,1H3,(H,13,14). The zero-order valence-corrected chi connectivity index (χ0v) is 9.21. The van der Waals surface area contributed by atoms with Gasteiger partial charge in [-0.15, -0.1) is 0 Å². The van der Waals surface area contributed by atoms with Crippen molar-refractivity contribution in [3.63, 3.8) is 0 Å². The van der Waals surface area contributed by atoms with Gasteiger partial charge in [-0.3, -0.25) is 9.20 Å². The highest BCUT2D eigenvalue weighted by atomic mass is 16.1. The van der Waals surface area contributed by atoms with Gasteiger partial charge in [0.25, 0.3) is 0 Å². The zero-order valence-electron chi connectivity index (χ0n) is 9.21. The third kappa shape index (κ3) is 1.36. The summed E-state index contributed by atoms with van der Waals surface area (Å²) < 4.78 is 1.87. The molecule has 1 aromatic carbocycles. The van der Waals surface area contributed by atoms with Crippen LogP contribution in [-0.2, 0) is 0 Å². The second-order valence-corrected chi connectivity index (χ2v) is 3.68. The zero-order chi connectivity index (χ0) is 11.8. The van der Waals surface area contributed by atoms with Gasteiger partial charge in [-0.25, -0.2) is 9.97 Å². The van der Waals surface area contributed by atoms with Gasteiger partial charge in [-0.1, -0.05) is 12.1 Å². The summed E-state index contributed by atoms with van der Waals surface area (Å²) in [7, 11) is 1.76. The molecule has 1 N–H and O–H groups in total. The van der Waals surface area contributed by atoms with Crippen LogP contribution in [0, 0.1) is 0 Å². The van der Waals surface area contributed by atoms with Gasteiger partial charge in [0.1, 0.15) is 5.69 Å². The Morgan fingerprint density at radius 3 is 2.88 bits per heavy atom. The van der Waals surface area contributed by atoms with Crippen LogP contribution >= 0.6 is 0 Å². The Morgan fingerprint density at radius 2 is 2.12 bits per heavy atom. The number of carbonyl (C=O) groups excluding carboxylic acids is 1. The molecular weight excluding hydrogens is 216 g/mol. The van der Waals surface area contributed by atoms with Crippen LogP contribution in [-0.4, -0.2) is 27.7 Å². The van der Waals surface area contributed by atoms with E-state index in [1.54, 1.807) is 13.2 Å². The molecule has 0 amide bonds. The van der Waals surface area contributed by atoms with Crippen molar-refractivity contribution in [2.45, 2.75) is 0 Å². The van der Waals surface area contributed by atoms with Crippen LogP contribution in [0.15, 0.2) is 30.5 Å². The molecule has 0 saturated carbocycles. The van der Waals surface area contributed by atoms with Gasteiger partial charge in [0, 0.05) is 13.2 Å². The summed E-state index contributed by atoms with van der Waals surface area (Å²) >= 11 is 0. The first-order valence-corrected chi connectivity index (χ1v) is 5.24. The maximum Gasteiger partial charge on any atom is 0.181 e. The summed E-state index contributed by atoms with van der Waals surface area (Å²) in [4.78, 5) is 19.5. The van der Waals surface area contributed by atoms with Crippen LogP contribution in [0.25, 0.3) is 16.7 Å². The highest BCUT2D eigenvalue weighted by molar-refractivity contribution is 5.85. The van der Waals surface area contributed by atoms with Gasteiger partial charge in [0.05, 0.1) is 11.0 Å². The van der Waals surface area contributed by atoms with Gasteiger partial charge in [0.2, 0.25) is 0 Å². The van der Waals surface area contributed by atoms with Crippen molar-refractivity contribution in [3.8, 4) is 0 Å². The number of aromatic nitrogens is 3. The third-order valence-corrected chi connectivity index (χ3v) is 2.67. The molecule has 0 aliphatic rings. The van der Waals surface area contributed by atoms with E-state index in [0.29, 0.717) is 11.5 Å². The molecule has 0 radical (unpaired) electrons. The molecule has 84 valence electrons. The Kier molecular flexibility index (Phi) is 2.04. The van der Waals surface area contributed by atoms with Crippen molar-refractivity contribution in [1.82, 2.24) is 14.4 Å². The number of fused-ring (bicyclic) bond motifs is 3. The number of carbonyl (C=O) groups is 1.